The zero-order valence-corrected chi connectivity index (χ0v) is 68.5. The molecule has 0 saturated carbocycles. The minimum atomic E-state index is -4.46. The van der Waals surface area contributed by atoms with Crippen LogP contribution in [0.4, 0.5) is 69.7 Å². The molecule has 8 heterocycles. The topological polar surface area (TPSA) is 305 Å². The van der Waals surface area contributed by atoms with Crippen LogP contribution in [0.15, 0.2) is 131 Å². The van der Waals surface area contributed by atoms with Gasteiger partial charge in [-0.25, -0.2) is 5.53 Å². The van der Waals surface area contributed by atoms with Gasteiger partial charge in [0.15, 0.2) is 0 Å². The predicted octanol–water partition coefficient (Wildman–Crippen LogP) is 12.9. The Labute approximate surface area is 688 Å². The molecule has 0 unspecified atom stereocenters. The van der Waals surface area contributed by atoms with Gasteiger partial charge < -0.3 is 56.5 Å². The van der Waals surface area contributed by atoms with E-state index in [0.29, 0.717) is 122 Å². The van der Waals surface area contributed by atoms with E-state index >= 15 is 0 Å². The minimum absolute atomic E-state index is 0. The Hall–Kier alpha value is -8.59. The fourth-order valence-electron chi connectivity index (χ4n) is 13.2. The Morgan fingerprint density at radius 3 is 1.26 bits per heavy atom. The fourth-order valence-corrected chi connectivity index (χ4v) is 13.6. The van der Waals surface area contributed by atoms with Gasteiger partial charge in [0.2, 0.25) is 0 Å². The number of aliphatic carboxylic acids is 1. The molecule has 0 radical (unpaired) electrons. The summed E-state index contributed by atoms with van der Waals surface area (Å²) in [5.74, 6) is -0.460. The summed E-state index contributed by atoms with van der Waals surface area (Å²) < 4.78 is 162. The maximum atomic E-state index is 13.3. The van der Waals surface area contributed by atoms with Crippen LogP contribution in [0.1, 0.15) is 114 Å². The Balaban J connectivity index is 0.000000254. The number of nitroso groups, excluding NO2 is 1. The Morgan fingerprint density at radius 2 is 0.922 bits per heavy atom. The van der Waals surface area contributed by atoms with Crippen LogP contribution < -0.4 is 66.4 Å². The fraction of sp³-hybridized carbons (Fsp3) is 0.494. The number of nitrogens with two attached hydrogens (primary N) is 1. The Bertz CT molecular complexity index is 4400. The molecule has 12 rings (SSSR count). The molecule has 38 heteroatoms. The second kappa shape index (κ2) is 47.0. The van der Waals surface area contributed by atoms with Crippen LogP contribution in [0, 0.1) is 28.6 Å². The molecule has 0 atom stereocenters. The third kappa shape index (κ3) is 29.2. The van der Waals surface area contributed by atoms with Crippen molar-refractivity contribution in [3.8, 4) is 0 Å². The number of nitrogens with one attached hydrogen (secondary N) is 3. The van der Waals surface area contributed by atoms with Gasteiger partial charge in [-0.15, -0.1) is 4.91 Å². The van der Waals surface area contributed by atoms with Crippen molar-refractivity contribution in [3.05, 3.63) is 153 Å². The summed E-state index contributed by atoms with van der Waals surface area (Å²) >= 11 is 3.13. The average molecular weight is 1700 g/mol. The third-order valence-corrected chi connectivity index (χ3v) is 20.2. The molecule has 622 valence electrons. The molecule has 6 N–H and O–H groups in total. The molecule has 4 fully saturated rings. The van der Waals surface area contributed by atoms with Gasteiger partial charge in [0.05, 0.1) is 62.5 Å². The van der Waals surface area contributed by atoms with E-state index in [0.717, 1.165) is 114 Å². The van der Waals surface area contributed by atoms with Gasteiger partial charge in [-0.2, -0.15) is 52.7 Å². The van der Waals surface area contributed by atoms with Crippen molar-refractivity contribution >= 4 is 100 Å². The summed E-state index contributed by atoms with van der Waals surface area (Å²) in [6.45, 7) is 18.4. The van der Waals surface area contributed by atoms with Crippen LogP contribution in [0.3, 0.4) is 0 Å². The van der Waals surface area contributed by atoms with Crippen LogP contribution in [0.5, 0.6) is 0 Å². The van der Waals surface area contributed by atoms with Gasteiger partial charge in [0.25, 0.3) is 0 Å². The Kier molecular flexibility index (Phi) is 39.6. The zero-order valence-electron chi connectivity index (χ0n) is 65.0. The number of hydrogen-bond donors (Lipinski definition) is 5. The number of ether oxygens (including phenoxy) is 1. The first-order valence-corrected chi connectivity index (χ1v) is 37.9. The first kappa shape index (κ1) is 97.0. The standard InChI is InChI=1S/C22H28F3N3O.C18H19F3N2O2.C16H15F3N2O2.C9H4BrF3N2.C7H13NO.C5H14N2.H2N5O.Na/c1-3-27(2)13-5-7-20(29)16-10-14-28(15-11-16)19-9-8-18(22(23,24)25)21-17(19)6-4-12-26-21;1-2-25-17(24)12-7-10-23(11-8-12)15-6-5-14(18(19,20)21)16-13(15)4-3-9-22-16;17-16(18,19)12-3-4-13(11-2-1-7-20-14(11)12)21-8-5-10(6-9-21)15(22)23;10-6-2-1-5(9(11,12)13)7-8(6)15-4-3-14-7;1-6(9)7-2-4-8-5-3-7;1-3-7(2)5-4-6;1-2-3-4-5-6;/h4,6,8-9,12,16H,3,5,7,10-11,13-15H2,1-2H3;3-6,9,12H,2,7-8,10-11H2,1H3;1-4,7,10H,5-6,8-9H2,(H,22,23);1-4H;7-8H,2-5H2,1H3;3-6H2,1-2H3;(H2-,1,2,3,4,5,6);/q;;;;;;-1;+1. The number of nitrogens with zero attached hydrogens (tertiary/aromatic N) is 13. The maximum absolute atomic E-state index is 13.3. The predicted molar refractivity (Wildman–Crippen MR) is 415 cm³/mol. The summed E-state index contributed by atoms with van der Waals surface area (Å²) in [5, 5.41) is 18.0. The van der Waals surface area contributed by atoms with Crippen LogP contribution in [0.2, 0.25) is 0 Å². The number of carbonyl (C=O) groups is 4. The SMILES string of the molecule is CC(=O)C1CCNCC1.CCN(C)CCCC(=O)C1CCN(c2ccc(C(F)(F)F)c3ncccc23)CC1.CCN(C)CCN.CCOC(=O)C1CCN(c2ccc(C(F)(F)F)c3ncccc23)CC1.FC(F)(F)c1ccc(Br)c2nccnc12.O=C(O)C1CCN(c2ccc(C(F)(F)F)c3ncccc23)CC1.[N-]=NNNN=O.[Na+]. The number of aromatic nitrogens is 5. The number of ketones is 2. The number of alkyl halides is 12. The van der Waals surface area contributed by atoms with E-state index in [1.165, 1.54) is 55.2 Å². The molecule has 0 amide bonds. The molecule has 24 nitrogen and oxygen atoms in total. The number of carbonyl (C=O) groups excluding carboxylic acids is 3. The monoisotopic (exact) mass is 1700 g/mol. The third-order valence-electron chi connectivity index (χ3n) is 19.6. The number of esters is 1. The van der Waals surface area contributed by atoms with Crippen molar-refractivity contribution in [1.82, 2.24) is 51.1 Å². The van der Waals surface area contributed by atoms with Crippen LogP contribution in [-0.4, -0.2) is 169 Å². The molecule has 4 aromatic carbocycles. The molecule has 0 bridgehead atoms. The second-order valence-electron chi connectivity index (χ2n) is 27.0. The minimum Gasteiger partial charge on any atom is -0.481 e. The molecule has 4 aromatic heterocycles. The first-order chi connectivity index (χ1) is 54.1. The van der Waals surface area contributed by atoms with Crippen LogP contribution in [-0.2, 0) is 48.6 Å². The van der Waals surface area contributed by atoms with E-state index in [-0.39, 0.29) is 80.9 Å². The zero-order chi connectivity index (χ0) is 83.9. The van der Waals surface area contributed by atoms with Crippen molar-refractivity contribution in [2.24, 2.45) is 39.9 Å². The van der Waals surface area contributed by atoms with Gasteiger partial charge in [-0.05, 0) is 219 Å². The Morgan fingerprint density at radius 1 is 0.548 bits per heavy atom. The molecule has 115 heavy (non-hydrogen) atoms. The van der Waals surface area contributed by atoms with Crippen molar-refractivity contribution in [2.75, 3.05) is 120 Å². The summed E-state index contributed by atoms with van der Waals surface area (Å²) in [7, 11) is 4.11. The van der Waals surface area contributed by atoms with Gasteiger partial charge in [-0.3, -0.25) is 49.3 Å². The number of carboxylic acid groups (broad SMARTS) is 1. The summed E-state index contributed by atoms with van der Waals surface area (Å²) in [5.41, 5.74) is 15.1. The van der Waals surface area contributed by atoms with Crippen molar-refractivity contribution in [3.63, 3.8) is 0 Å². The number of hydrazine groups is 1. The van der Waals surface area contributed by atoms with Gasteiger partial charge in [0.1, 0.15) is 22.6 Å². The van der Waals surface area contributed by atoms with Gasteiger partial charge >= 0.3 is 66.2 Å². The molecular weight excluding hydrogens is 1610 g/mol. The van der Waals surface area contributed by atoms with Crippen molar-refractivity contribution in [2.45, 2.75) is 117 Å². The van der Waals surface area contributed by atoms with E-state index in [9.17, 15) is 71.9 Å². The van der Waals surface area contributed by atoms with E-state index in [1.54, 1.807) is 61.3 Å². The number of likely N-dealkylation sites (N-methyl/N-ethyl adjacent to an activating group) is 1. The average Bonchev–Trinajstić information content (AvgIpc) is 0.788. The van der Waals surface area contributed by atoms with Crippen molar-refractivity contribution in [1.29, 1.82) is 0 Å². The summed E-state index contributed by atoms with van der Waals surface area (Å²) in [6, 6.07) is 19.9. The van der Waals surface area contributed by atoms with E-state index in [1.807, 2.05) is 16.8 Å². The van der Waals surface area contributed by atoms with Gasteiger partial charge in [0, 0.05) is 139 Å². The number of fused-ring (bicyclic) bond motifs is 4. The molecule has 4 aliphatic heterocycles. The molecule has 8 aromatic rings. The first-order valence-electron chi connectivity index (χ1n) is 37.1. The largest absolute Gasteiger partial charge is 1.00 e. The van der Waals surface area contributed by atoms with Crippen LogP contribution >= 0.6 is 15.9 Å². The van der Waals surface area contributed by atoms with Crippen molar-refractivity contribution < 1.29 is 111 Å². The van der Waals surface area contributed by atoms with Crippen LogP contribution in [0.25, 0.3) is 49.3 Å². The summed E-state index contributed by atoms with van der Waals surface area (Å²) in [4.78, 5) is 84.9. The molecule has 0 aliphatic carbocycles. The number of halogens is 13. The maximum Gasteiger partial charge on any atom is 1.00 e. The summed E-state index contributed by atoms with van der Waals surface area (Å²) in [6.07, 6.45) is -3.79. The van der Waals surface area contributed by atoms with E-state index < -0.39 is 52.9 Å². The molecule has 4 saturated heterocycles. The normalized spacial score (nSPS) is 15.1. The number of pyridine rings is 3. The number of piperidine rings is 4. The van der Waals surface area contributed by atoms with E-state index in [2.05, 4.69) is 92.3 Å². The number of rotatable bonds is 19. The smallest absolute Gasteiger partial charge is 0.481 e. The number of Topliss-reactive ketones (excluding diaryl/α,β-unsaturated/α-hetero) is 2. The van der Waals surface area contributed by atoms with E-state index in [4.69, 9.17) is 26.0 Å². The number of hydrogen-bond acceptors (Lipinski definition) is 20. The quantitative estimate of drug-likeness (QED) is 0.00955. The number of benzene rings is 4. The molecule has 4 aliphatic rings. The number of anilines is 3. The molecule has 0 spiro atoms. The number of carboxylic acids is 1. The van der Waals surface area contributed by atoms with Gasteiger partial charge in [-0.1, -0.05) is 13.8 Å². The molecular formula is C77H95BrF12N17NaO7. The second-order valence-corrected chi connectivity index (χ2v) is 27.9.